The van der Waals surface area contributed by atoms with Crippen molar-refractivity contribution >= 4 is 24.0 Å². The van der Waals surface area contributed by atoms with Crippen LogP contribution in [0.1, 0.15) is 38.7 Å². The summed E-state index contributed by atoms with van der Waals surface area (Å²) in [6.07, 6.45) is 2.95. The summed E-state index contributed by atoms with van der Waals surface area (Å²) >= 11 is 0. The summed E-state index contributed by atoms with van der Waals surface area (Å²) < 4.78 is 11.0. The topological polar surface area (TPSA) is 59.6 Å². The molecule has 1 aliphatic heterocycles. The third-order valence-electron chi connectivity index (χ3n) is 4.10. The van der Waals surface area contributed by atoms with Crippen molar-refractivity contribution in [3.05, 3.63) is 29.8 Å². The maximum Gasteiger partial charge on any atom is 0.224 e. The Kier molecular flexibility index (Phi) is 10.7. The summed E-state index contributed by atoms with van der Waals surface area (Å²) in [4.78, 5) is 12.1. The van der Waals surface area contributed by atoms with Gasteiger partial charge < -0.3 is 20.1 Å². The fraction of sp³-hybridized carbons (Fsp3) is 0.632. The zero-order valence-corrected chi connectivity index (χ0v) is 16.1. The lowest BCUT2D eigenvalue weighted by molar-refractivity contribution is -0.116. The van der Waals surface area contributed by atoms with Gasteiger partial charge in [-0.2, -0.15) is 0 Å². The van der Waals surface area contributed by atoms with Crippen molar-refractivity contribution < 1.29 is 14.3 Å². The SMILES string of the molecule is CC(C)OCCOCc1cccc(NC(=O)CCC2CCNC2)c1.Cl. The van der Waals surface area contributed by atoms with Crippen LogP contribution in [0.15, 0.2) is 24.3 Å². The summed E-state index contributed by atoms with van der Waals surface area (Å²) in [5, 5.41) is 6.32. The van der Waals surface area contributed by atoms with E-state index >= 15 is 0 Å². The highest BCUT2D eigenvalue weighted by molar-refractivity contribution is 5.90. The summed E-state index contributed by atoms with van der Waals surface area (Å²) in [5.41, 5.74) is 1.89. The van der Waals surface area contributed by atoms with Crippen molar-refractivity contribution in [2.75, 3.05) is 31.6 Å². The van der Waals surface area contributed by atoms with Gasteiger partial charge in [-0.15, -0.1) is 12.4 Å². The van der Waals surface area contributed by atoms with Crippen molar-refractivity contribution in [2.45, 2.75) is 45.8 Å². The van der Waals surface area contributed by atoms with Crippen molar-refractivity contribution in [1.82, 2.24) is 5.32 Å². The van der Waals surface area contributed by atoms with Gasteiger partial charge in [-0.1, -0.05) is 12.1 Å². The molecule has 0 aliphatic carbocycles. The second-order valence-electron chi connectivity index (χ2n) is 6.62. The minimum atomic E-state index is 0. The van der Waals surface area contributed by atoms with Gasteiger partial charge in [0.05, 0.1) is 25.9 Å². The first-order valence-electron chi connectivity index (χ1n) is 8.92. The smallest absolute Gasteiger partial charge is 0.224 e. The molecule has 2 N–H and O–H groups in total. The Morgan fingerprint density at radius 3 is 2.92 bits per heavy atom. The highest BCUT2D eigenvalue weighted by Gasteiger charge is 2.15. The molecule has 1 heterocycles. The van der Waals surface area contributed by atoms with Crippen LogP contribution in [0.3, 0.4) is 0 Å². The van der Waals surface area contributed by atoms with Crippen LogP contribution >= 0.6 is 12.4 Å². The predicted octanol–water partition coefficient (Wildman–Crippen LogP) is 3.38. The summed E-state index contributed by atoms with van der Waals surface area (Å²) in [6.45, 7) is 7.84. The largest absolute Gasteiger partial charge is 0.376 e. The molecule has 1 aromatic rings. The van der Waals surface area contributed by atoms with Crippen LogP contribution in [0.25, 0.3) is 0 Å². The number of benzene rings is 1. The molecular weight excluding hydrogens is 340 g/mol. The highest BCUT2D eigenvalue weighted by Crippen LogP contribution is 2.16. The number of hydrogen-bond donors (Lipinski definition) is 2. The average molecular weight is 371 g/mol. The first-order valence-corrected chi connectivity index (χ1v) is 8.92. The number of rotatable bonds is 10. The van der Waals surface area contributed by atoms with Crippen LogP contribution in [-0.2, 0) is 20.9 Å². The molecule has 5 nitrogen and oxygen atoms in total. The Balaban J connectivity index is 0.00000312. The fourth-order valence-electron chi connectivity index (χ4n) is 2.79. The van der Waals surface area contributed by atoms with E-state index in [2.05, 4.69) is 10.6 Å². The van der Waals surface area contributed by atoms with Gasteiger partial charge in [0, 0.05) is 12.1 Å². The average Bonchev–Trinajstić information content (AvgIpc) is 3.06. The predicted molar refractivity (Wildman–Crippen MR) is 103 cm³/mol. The van der Waals surface area contributed by atoms with Crippen LogP contribution in [0, 0.1) is 5.92 Å². The second kappa shape index (κ2) is 12.3. The van der Waals surface area contributed by atoms with Crippen LogP contribution in [-0.4, -0.2) is 38.3 Å². The molecule has 1 saturated heterocycles. The number of carbonyl (C=O) groups excluding carboxylic acids is 1. The Hall–Kier alpha value is -1.14. The van der Waals surface area contributed by atoms with E-state index in [0.29, 0.717) is 32.2 Å². The van der Waals surface area contributed by atoms with Crippen molar-refractivity contribution in [3.8, 4) is 0 Å². The lowest BCUT2D eigenvalue weighted by Crippen LogP contribution is -2.15. The first kappa shape index (κ1) is 21.9. The molecule has 142 valence electrons. The number of carbonyl (C=O) groups is 1. The first-order chi connectivity index (χ1) is 11.6. The molecule has 1 atom stereocenters. The quantitative estimate of drug-likeness (QED) is 0.620. The molecule has 0 bridgehead atoms. The van der Waals surface area contributed by atoms with Gasteiger partial charge in [0.2, 0.25) is 5.91 Å². The van der Waals surface area contributed by atoms with Gasteiger partial charge in [-0.3, -0.25) is 4.79 Å². The van der Waals surface area contributed by atoms with E-state index < -0.39 is 0 Å². The number of anilines is 1. The third-order valence-corrected chi connectivity index (χ3v) is 4.10. The Morgan fingerprint density at radius 2 is 2.20 bits per heavy atom. The molecule has 0 saturated carbocycles. The van der Waals surface area contributed by atoms with Crippen LogP contribution < -0.4 is 10.6 Å². The lowest BCUT2D eigenvalue weighted by atomic mass is 10.0. The molecule has 1 amide bonds. The Bertz CT molecular complexity index is 505. The summed E-state index contributed by atoms with van der Waals surface area (Å²) in [6, 6.07) is 7.84. The molecule has 2 rings (SSSR count). The maximum absolute atomic E-state index is 12.1. The van der Waals surface area contributed by atoms with E-state index in [1.807, 2.05) is 38.1 Å². The Labute approximate surface area is 157 Å². The van der Waals surface area contributed by atoms with Crippen molar-refractivity contribution in [3.63, 3.8) is 0 Å². The van der Waals surface area contributed by atoms with E-state index in [1.54, 1.807) is 0 Å². The van der Waals surface area contributed by atoms with Gasteiger partial charge in [-0.05, 0) is 63.4 Å². The molecular formula is C19H31ClN2O3. The highest BCUT2D eigenvalue weighted by atomic mass is 35.5. The van der Waals surface area contributed by atoms with E-state index in [-0.39, 0.29) is 24.4 Å². The van der Waals surface area contributed by atoms with Gasteiger partial charge in [0.1, 0.15) is 0 Å². The second-order valence-corrected chi connectivity index (χ2v) is 6.62. The standard InChI is InChI=1S/C19H30N2O3.ClH/c1-15(2)24-11-10-23-14-17-4-3-5-18(12-17)21-19(22)7-6-16-8-9-20-13-16;/h3-5,12,15-16,20H,6-11,13-14H2,1-2H3,(H,21,22);1H. The normalized spacial score (nSPS) is 16.7. The zero-order valence-electron chi connectivity index (χ0n) is 15.3. The third kappa shape index (κ3) is 9.21. The molecule has 1 unspecified atom stereocenters. The lowest BCUT2D eigenvalue weighted by Gasteiger charge is -2.11. The molecule has 0 radical (unpaired) electrons. The van der Waals surface area contributed by atoms with Crippen molar-refractivity contribution in [2.24, 2.45) is 5.92 Å². The number of hydrogen-bond acceptors (Lipinski definition) is 4. The van der Waals surface area contributed by atoms with Crippen LogP contribution in [0.5, 0.6) is 0 Å². The van der Waals surface area contributed by atoms with Gasteiger partial charge in [-0.25, -0.2) is 0 Å². The molecule has 1 aromatic carbocycles. The molecule has 1 aliphatic rings. The number of ether oxygens (including phenoxy) is 2. The molecule has 6 heteroatoms. The van der Waals surface area contributed by atoms with E-state index in [9.17, 15) is 4.79 Å². The summed E-state index contributed by atoms with van der Waals surface area (Å²) in [5.74, 6) is 0.730. The molecule has 25 heavy (non-hydrogen) atoms. The van der Waals surface area contributed by atoms with E-state index in [0.717, 1.165) is 30.8 Å². The summed E-state index contributed by atoms with van der Waals surface area (Å²) in [7, 11) is 0. The Morgan fingerprint density at radius 1 is 1.36 bits per heavy atom. The number of amides is 1. The van der Waals surface area contributed by atoms with Crippen molar-refractivity contribution in [1.29, 1.82) is 0 Å². The van der Waals surface area contributed by atoms with Crippen LogP contribution in [0.4, 0.5) is 5.69 Å². The minimum Gasteiger partial charge on any atom is -0.376 e. The van der Waals surface area contributed by atoms with Gasteiger partial charge in [0.15, 0.2) is 0 Å². The van der Waals surface area contributed by atoms with E-state index in [4.69, 9.17) is 9.47 Å². The fourth-order valence-corrected chi connectivity index (χ4v) is 2.79. The minimum absolute atomic E-state index is 0. The van der Waals surface area contributed by atoms with Crippen LogP contribution in [0.2, 0.25) is 0 Å². The molecule has 0 aromatic heterocycles. The maximum atomic E-state index is 12.1. The monoisotopic (exact) mass is 370 g/mol. The van der Waals surface area contributed by atoms with Gasteiger partial charge >= 0.3 is 0 Å². The van der Waals surface area contributed by atoms with Gasteiger partial charge in [0.25, 0.3) is 0 Å². The molecule has 0 spiro atoms. The number of nitrogens with one attached hydrogen (secondary N) is 2. The zero-order chi connectivity index (χ0) is 17.2. The number of halogens is 1. The van der Waals surface area contributed by atoms with E-state index in [1.165, 1.54) is 6.42 Å². The molecule has 1 fully saturated rings.